The van der Waals surface area contributed by atoms with Crippen LogP contribution in [0.15, 0.2) is 23.1 Å². The van der Waals surface area contributed by atoms with Crippen LogP contribution in [0.5, 0.6) is 0 Å². The van der Waals surface area contributed by atoms with Crippen molar-refractivity contribution in [2.45, 2.75) is 36.0 Å². The number of anilines is 1. The Kier molecular flexibility index (Phi) is 4.41. The van der Waals surface area contributed by atoms with Crippen molar-refractivity contribution < 1.29 is 17.6 Å². The van der Waals surface area contributed by atoms with Crippen LogP contribution >= 0.6 is 11.8 Å². The van der Waals surface area contributed by atoms with Crippen LogP contribution in [0.25, 0.3) is 5.52 Å². The van der Waals surface area contributed by atoms with Crippen LogP contribution < -0.4 is 10.6 Å². The Morgan fingerprint density at radius 2 is 2.17 bits per heavy atom. The zero-order valence-electron chi connectivity index (χ0n) is 12.3. The number of alkyl halides is 4. The molecule has 4 nitrogen and oxygen atoms in total. The third-order valence-corrected chi connectivity index (χ3v) is 4.68. The highest BCUT2D eigenvalue weighted by Gasteiger charge is 2.32. The molecule has 1 saturated heterocycles. The van der Waals surface area contributed by atoms with Gasteiger partial charge in [-0.1, -0.05) is 6.07 Å². The van der Waals surface area contributed by atoms with Crippen molar-refractivity contribution in [1.29, 1.82) is 0 Å². The van der Waals surface area contributed by atoms with E-state index in [1.165, 1.54) is 11.4 Å². The summed E-state index contributed by atoms with van der Waals surface area (Å²) in [6.07, 6.45) is -0.457. The summed E-state index contributed by atoms with van der Waals surface area (Å²) in [4.78, 5) is 0.0725. The van der Waals surface area contributed by atoms with E-state index in [1.54, 1.807) is 18.2 Å². The van der Waals surface area contributed by atoms with Crippen molar-refractivity contribution in [3.63, 3.8) is 0 Å². The molecule has 2 aromatic rings. The second-order valence-corrected chi connectivity index (χ2v) is 6.51. The number of halogens is 4. The molecule has 2 aromatic heterocycles. The van der Waals surface area contributed by atoms with Crippen molar-refractivity contribution >= 4 is 23.1 Å². The van der Waals surface area contributed by atoms with Gasteiger partial charge in [-0.25, -0.2) is 8.91 Å². The predicted octanol–water partition coefficient (Wildman–Crippen LogP) is 3.37. The number of rotatable bonds is 3. The summed E-state index contributed by atoms with van der Waals surface area (Å²) < 4.78 is 53.5. The molecule has 9 heteroatoms. The molecule has 3 heterocycles. The summed E-state index contributed by atoms with van der Waals surface area (Å²) in [6, 6.07) is 4.53. The Labute approximate surface area is 134 Å². The van der Waals surface area contributed by atoms with Crippen molar-refractivity contribution in [3.05, 3.63) is 23.9 Å². The standard InChI is InChI=1S/C14H16F4N4S/c1-8-13(23-14(16,17)18)11-3-2-4-12(22(11)21-8)20-10-5-6-19-7-9(10)15/h2-4,9-10,19-20H,5-7H2,1H3. The van der Waals surface area contributed by atoms with E-state index in [1.807, 2.05) is 0 Å². The molecule has 2 N–H and O–H groups in total. The molecule has 2 atom stereocenters. The van der Waals surface area contributed by atoms with Gasteiger partial charge in [-0.3, -0.25) is 0 Å². The van der Waals surface area contributed by atoms with Gasteiger partial charge in [-0.15, -0.1) is 0 Å². The van der Waals surface area contributed by atoms with Crippen molar-refractivity contribution in [2.75, 3.05) is 18.4 Å². The lowest BCUT2D eigenvalue weighted by Crippen LogP contribution is -2.45. The second kappa shape index (κ2) is 6.20. The summed E-state index contributed by atoms with van der Waals surface area (Å²) >= 11 is -0.176. The summed E-state index contributed by atoms with van der Waals surface area (Å²) in [6.45, 7) is 2.50. The Morgan fingerprint density at radius 1 is 1.39 bits per heavy atom. The number of piperidine rings is 1. The quantitative estimate of drug-likeness (QED) is 0.659. The normalized spacial score (nSPS) is 22.5. The number of fused-ring (bicyclic) bond motifs is 1. The van der Waals surface area contributed by atoms with Crippen LogP contribution in [0.4, 0.5) is 23.4 Å². The van der Waals surface area contributed by atoms with Crippen LogP contribution in [-0.4, -0.2) is 40.4 Å². The van der Waals surface area contributed by atoms with Crippen LogP contribution in [0.1, 0.15) is 12.1 Å². The van der Waals surface area contributed by atoms with E-state index in [-0.39, 0.29) is 29.2 Å². The monoisotopic (exact) mass is 348 g/mol. The highest BCUT2D eigenvalue weighted by atomic mass is 32.2. The first kappa shape index (κ1) is 16.4. The zero-order valence-corrected chi connectivity index (χ0v) is 13.1. The Morgan fingerprint density at radius 3 is 2.87 bits per heavy atom. The largest absolute Gasteiger partial charge is 0.446 e. The average Bonchev–Trinajstić information content (AvgIpc) is 2.77. The molecular formula is C14H16F4N4S. The SMILES string of the molecule is Cc1nn2c(NC3CCNCC3F)cccc2c1SC(F)(F)F. The fourth-order valence-corrected chi connectivity index (χ4v) is 3.37. The van der Waals surface area contributed by atoms with Gasteiger partial charge in [0.2, 0.25) is 0 Å². The van der Waals surface area contributed by atoms with Crippen LogP contribution in [-0.2, 0) is 0 Å². The number of nitrogens with zero attached hydrogens (tertiary/aromatic N) is 2. The number of nitrogens with one attached hydrogen (secondary N) is 2. The summed E-state index contributed by atoms with van der Waals surface area (Å²) in [5.41, 5.74) is -3.72. The van der Waals surface area contributed by atoms with E-state index in [2.05, 4.69) is 15.7 Å². The molecule has 2 unspecified atom stereocenters. The first-order valence-electron chi connectivity index (χ1n) is 7.20. The van der Waals surface area contributed by atoms with E-state index in [9.17, 15) is 17.6 Å². The lowest BCUT2D eigenvalue weighted by Gasteiger charge is -2.28. The minimum Gasteiger partial charge on any atom is -0.364 e. The minimum absolute atomic E-state index is 0.0725. The van der Waals surface area contributed by atoms with E-state index in [0.29, 0.717) is 30.0 Å². The van der Waals surface area contributed by atoms with Crippen LogP contribution in [0.3, 0.4) is 0 Å². The minimum atomic E-state index is -4.38. The highest BCUT2D eigenvalue weighted by Crippen LogP contribution is 2.41. The molecule has 3 rings (SSSR count). The van der Waals surface area contributed by atoms with Gasteiger partial charge in [0.1, 0.15) is 12.0 Å². The van der Waals surface area contributed by atoms with Gasteiger partial charge < -0.3 is 10.6 Å². The molecule has 1 fully saturated rings. The number of pyridine rings is 1. The molecule has 126 valence electrons. The first-order valence-corrected chi connectivity index (χ1v) is 8.02. The molecule has 1 aliphatic rings. The molecular weight excluding hydrogens is 332 g/mol. The van der Waals surface area contributed by atoms with Crippen molar-refractivity contribution in [3.8, 4) is 0 Å². The van der Waals surface area contributed by atoms with E-state index < -0.39 is 11.7 Å². The fraction of sp³-hybridized carbons (Fsp3) is 0.500. The maximum Gasteiger partial charge on any atom is 0.446 e. The van der Waals surface area contributed by atoms with Gasteiger partial charge in [0, 0.05) is 6.54 Å². The Bertz CT molecular complexity index is 700. The van der Waals surface area contributed by atoms with E-state index in [4.69, 9.17) is 0 Å². The van der Waals surface area contributed by atoms with Gasteiger partial charge >= 0.3 is 5.51 Å². The molecule has 0 radical (unpaired) electrons. The molecule has 0 saturated carbocycles. The fourth-order valence-electron chi connectivity index (χ4n) is 2.69. The molecule has 1 aliphatic heterocycles. The zero-order chi connectivity index (χ0) is 16.6. The molecule has 0 aromatic carbocycles. The number of hydrogen-bond donors (Lipinski definition) is 2. The maximum atomic E-state index is 13.9. The van der Waals surface area contributed by atoms with Gasteiger partial charge in [-0.2, -0.15) is 18.3 Å². The second-order valence-electron chi connectivity index (χ2n) is 5.43. The molecule has 0 aliphatic carbocycles. The number of hydrogen-bond acceptors (Lipinski definition) is 4. The van der Waals surface area contributed by atoms with Crippen LogP contribution in [0.2, 0.25) is 0 Å². The van der Waals surface area contributed by atoms with Crippen LogP contribution in [0, 0.1) is 6.92 Å². The smallest absolute Gasteiger partial charge is 0.364 e. The third kappa shape index (κ3) is 3.55. The Balaban J connectivity index is 1.94. The Hall–Kier alpha value is -1.48. The van der Waals surface area contributed by atoms with Gasteiger partial charge in [0.25, 0.3) is 0 Å². The number of thioether (sulfide) groups is 1. The first-order chi connectivity index (χ1) is 10.8. The lowest BCUT2D eigenvalue weighted by molar-refractivity contribution is -0.0328. The van der Waals surface area contributed by atoms with Gasteiger partial charge in [-0.05, 0) is 43.8 Å². The third-order valence-electron chi connectivity index (χ3n) is 3.73. The highest BCUT2D eigenvalue weighted by molar-refractivity contribution is 8.00. The number of aryl methyl sites for hydroxylation is 1. The van der Waals surface area contributed by atoms with Crippen molar-refractivity contribution in [1.82, 2.24) is 14.9 Å². The molecule has 0 amide bonds. The average molecular weight is 348 g/mol. The number of aromatic nitrogens is 2. The maximum absolute atomic E-state index is 13.9. The van der Waals surface area contributed by atoms with Gasteiger partial charge in [0.05, 0.1) is 22.1 Å². The molecule has 23 heavy (non-hydrogen) atoms. The molecule has 0 spiro atoms. The van der Waals surface area contributed by atoms with E-state index >= 15 is 0 Å². The summed E-state index contributed by atoms with van der Waals surface area (Å²) in [7, 11) is 0. The summed E-state index contributed by atoms with van der Waals surface area (Å²) in [5.74, 6) is 0.495. The predicted molar refractivity (Wildman–Crippen MR) is 81.6 cm³/mol. The topological polar surface area (TPSA) is 41.4 Å². The molecule has 0 bridgehead atoms. The lowest BCUT2D eigenvalue weighted by atomic mass is 10.1. The van der Waals surface area contributed by atoms with E-state index in [0.717, 1.165) is 0 Å². The van der Waals surface area contributed by atoms with Crippen molar-refractivity contribution in [2.24, 2.45) is 0 Å². The van der Waals surface area contributed by atoms with Gasteiger partial charge in [0.15, 0.2) is 0 Å². The summed E-state index contributed by atoms with van der Waals surface area (Å²) in [5, 5.41) is 10.2.